The van der Waals surface area contributed by atoms with Crippen LogP contribution in [0.4, 0.5) is 0 Å². The Morgan fingerprint density at radius 2 is 1.89 bits per heavy atom. The smallest absolute Gasteiger partial charge is 0.00576 e. The highest BCUT2D eigenvalue weighted by Crippen LogP contribution is 2.39. The maximum Gasteiger partial charge on any atom is -0.00576 e. The van der Waals surface area contributed by atoms with Gasteiger partial charge in [0, 0.05) is 0 Å². The third-order valence-corrected chi connectivity index (χ3v) is 4.71. The fourth-order valence-electron chi connectivity index (χ4n) is 3.89. The quantitative estimate of drug-likeness (QED) is 0.647. The second-order valence-electron chi connectivity index (χ2n) is 6.83. The van der Waals surface area contributed by atoms with Gasteiger partial charge in [0.25, 0.3) is 0 Å². The number of hydrogen-bond acceptors (Lipinski definition) is 0. The Morgan fingerprint density at radius 1 is 1.11 bits per heavy atom. The zero-order chi connectivity index (χ0) is 13.2. The molecule has 0 bridgehead atoms. The summed E-state index contributed by atoms with van der Waals surface area (Å²) in [4.78, 5) is 0. The Labute approximate surface area is 117 Å². The van der Waals surface area contributed by atoms with E-state index in [0.717, 1.165) is 11.8 Å². The van der Waals surface area contributed by atoms with Crippen molar-refractivity contribution in [3.05, 3.63) is 40.5 Å². The number of benzene rings is 1. The van der Waals surface area contributed by atoms with Crippen molar-refractivity contribution in [3.8, 4) is 0 Å². The Kier molecular flexibility index (Phi) is 3.77. The van der Waals surface area contributed by atoms with E-state index in [9.17, 15) is 0 Å². The monoisotopic (exact) mass is 254 g/mol. The predicted molar refractivity (Wildman–Crippen MR) is 83.4 cm³/mol. The van der Waals surface area contributed by atoms with Crippen LogP contribution in [0.5, 0.6) is 0 Å². The molecule has 2 aliphatic rings. The van der Waals surface area contributed by atoms with E-state index >= 15 is 0 Å². The summed E-state index contributed by atoms with van der Waals surface area (Å²) in [5, 5.41) is 0. The largest absolute Gasteiger partial charge is 0.0649 e. The second kappa shape index (κ2) is 5.53. The molecular formula is C19H26. The molecule has 0 amide bonds. The highest BCUT2D eigenvalue weighted by molar-refractivity contribution is 5.67. The van der Waals surface area contributed by atoms with Gasteiger partial charge in [0.2, 0.25) is 0 Å². The minimum Gasteiger partial charge on any atom is -0.0649 e. The Bertz CT molecular complexity index is 473. The first-order chi connectivity index (χ1) is 9.24. The average molecular weight is 254 g/mol. The standard InChI is InChI=1S/C19H26/c1-14(2)11-15-12-17-9-6-10-18(19(17)13-15)16-7-4-3-5-8-16/h6,9-10,13-14,16H,3-5,7-8,11-12H2,1-2H3. The predicted octanol–water partition coefficient (Wildman–Crippen LogP) is 5.72. The van der Waals surface area contributed by atoms with Gasteiger partial charge in [0.05, 0.1) is 0 Å². The van der Waals surface area contributed by atoms with Crippen LogP contribution < -0.4 is 0 Å². The molecule has 0 N–H and O–H groups in total. The van der Waals surface area contributed by atoms with Crippen LogP contribution >= 0.6 is 0 Å². The minimum atomic E-state index is 0.777. The maximum absolute atomic E-state index is 2.51. The van der Waals surface area contributed by atoms with E-state index in [1.54, 1.807) is 22.3 Å². The molecule has 19 heavy (non-hydrogen) atoms. The molecular weight excluding hydrogens is 228 g/mol. The lowest BCUT2D eigenvalue weighted by Crippen LogP contribution is -2.06. The molecule has 0 unspecified atom stereocenters. The van der Waals surface area contributed by atoms with Gasteiger partial charge < -0.3 is 0 Å². The number of hydrogen-bond donors (Lipinski definition) is 0. The van der Waals surface area contributed by atoms with Gasteiger partial charge in [-0.05, 0) is 54.2 Å². The first-order valence-electron chi connectivity index (χ1n) is 8.05. The van der Waals surface area contributed by atoms with E-state index in [2.05, 4.69) is 38.1 Å². The van der Waals surface area contributed by atoms with Gasteiger partial charge in [-0.25, -0.2) is 0 Å². The molecule has 0 heterocycles. The average Bonchev–Trinajstić information content (AvgIpc) is 2.80. The van der Waals surface area contributed by atoms with E-state index in [1.807, 2.05) is 0 Å². The van der Waals surface area contributed by atoms with E-state index < -0.39 is 0 Å². The number of allylic oxidation sites excluding steroid dienone is 1. The van der Waals surface area contributed by atoms with E-state index in [1.165, 1.54) is 44.9 Å². The Hall–Kier alpha value is -1.04. The van der Waals surface area contributed by atoms with Gasteiger partial charge in [0.1, 0.15) is 0 Å². The molecule has 1 aromatic rings. The van der Waals surface area contributed by atoms with Gasteiger partial charge in [-0.2, -0.15) is 0 Å². The van der Waals surface area contributed by atoms with Crippen molar-refractivity contribution in [2.24, 2.45) is 5.92 Å². The lowest BCUT2D eigenvalue weighted by atomic mass is 9.81. The van der Waals surface area contributed by atoms with Gasteiger partial charge in [-0.15, -0.1) is 0 Å². The Morgan fingerprint density at radius 3 is 2.63 bits per heavy atom. The topological polar surface area (TPSA) is 0 Å². The van der Waals surface area contributed by atoms with Crippen molar-refractivity contribution in [1.29, 1.82) is 0 Å². The van der Waals surface area contributed by atoms with Crippen molar-refractivity contribution in [3.63, 3.8) is 0 Å². The molecule has 0 spiro atoms. The van der Waals surface area contributed by atoms with Crippen LogP contribution in [0.15, 0.2) is 23.8 Å². The van der Waals surface area contributed by atoms with Crippen LogP contribution in [-0.4, -0.2) is 0 Å². The molecule has 1 saturated carbocycles. The van der Waals surface area contributed by atoms with Crippen molar-refractivity contribution >= 4 is 6.08 Å². The molecule has 0 atom stereocenters. The van der Waals surface area contributed by atoms with Crippen LogP contribution in [0.25, 0.3) is 6.08 Å². The molecule has 3 rings (SSSR count). The number of fused-ring (bicyclic) bond motifs is 1. The summed E-state index contributed by atoms with van der Waals surface area (Å²) in [6, 6.07) is 7.02. The van der Waals surface area contributed by atoms with Crippen molar-refractivity contribution in [2.45, 2.75) is 64.7 Å². The summed E-state index contributed by atoms with van der Waals surface area (Å²) in [5.74, 6) is 1.61. The van der Waals surface area contributed by atoms with Gasteiger partial charge in [-0.3, -0.25) is 0 Å². The molecule has 0 nitrogen and oxygen atoms in total. The van der Waals surface area contributed by atoms with Crippen molar-refractivity contribution in [1.82, 2.24) is 0 Å². The fraction of sp³-hybridized carbons (Fsp3) is 0.579. The molecule has 0 saturated heterocycles. The van der Waals surface area contributed by atoms with Crippen LogP contribution in [0.3, 0.4) is 0 Å². The van der Waals surface area contributed by atoms with E-state index in [4.69, 9.17) is 0 Å². The van der Waals surface area contributed by atoms with Crippen LogP contribution in [0.1, 0.15) is 75.0 Å². The minimum absolute atomic E-state index is 0.777. The van der Waals surface area contributed by atoms with Gasteiger partial charge in [0.15, 0.2) is 0 Å². The summed E-state index contributed by atoms with van der Waals surface area (Å²) in [7, 11) is 0. The zero-order valence-corrected chi connectivity index (χ0v) is 12.4. The SMILES string of the molecule is CC(C)CC1=Cc2c(cccc2C2CCCCC2)C1. The normalized spacial score (nSPS) is 19.6. The molecule has 2 aliphatic carbocycles. The first kappa shape index (κ1) is 13.0. The first-order valence-corrected chi connectivity index (χ1v) is 8.05. The summed E-state index contributed by atoms with van der Waals surface area (Å²) < 4.78 is 0. The zero-order valence-electron chi connectivity index (χ0n) is 12.4. The molecule has 102 valence electrons. The molecule has 1 aromatic carbocycles. The van der Waals surface area contributed by atoms with Crippen molar-refractivity contribution < 1.29 is 0 Å². The third-order valence-electron chi connectivity index (χ3n) is 4.71. The third kappa shape index (κ3) is 2.78. The van der Waals surface area contributed by atoms with E-state index in [0.29, 0.717) is 0 Å². The lowest BCUT2D eigenvalue weighted by Gasteiger charge is -2.23. The van der Waals surface area contributed by atoms with Crippen LogP contribution in [0.2, 0.25) is 0 Å². The second-order valence-corrected chi connectivity index (χ2v) is 6.83. The lowest BCUT2D eigenvalue weighted by molar-refractivity contribution is 0.443. The van der Waals surface area contributed by atoms with Gasteiger partial charge >= 0.3 is 0 Å². The molecule has 0 aliphatic heterocycles. The number of rotatable bonds is 3. The summed E-state index contributed by atoms with van der Waals surface area (Å²) in [5.41, 5.74) is 6.47. The van der Waals surface area contributed by atoms with E-state index in [-0.39, 0.29) is 0 Å². The molecule has 1 fully saturated rings. The summed E-state index contributed by atoms with van der Waals surface area (Å²) in [6.45, 7) is 4.65. The van der Waals surface area contributed by atoms with Crippen molar-refractivity contribution in [2.75, 3.05) is 0 Å². The Balaban J connectivity index is 1.87. The van der Waals surface area contributed by atoms with Crippen LogP contribution in [0, 0.1) is 5.92 Å². The highest BCUT2D eigenvalue weighted by atomic mass is 14.3. The maximum atomic E-state index is 2.51. The molecule has 0 aromatic heterocycles. The summed E-state index contributed by atoms with van der Waals surface area (Å²) >= 11 is 0. The highest BCUT2D eigenvalue weighted by Gasteiger charge is 2.22. The fourth-order valence-corrected chi connectivity index (χ4v) is 3.89. The van der Waals surface area contributed by atoms with Gasteiger partial charge in [-0.1, -0.05) is 63.0 Å². The molecule has 0 heteroatoms. The summed E-state index contributed by atoms with van der Waals surface area (Å²) in [6.07, 6.45) is 12.1. The molecule has 0 radical (unpaired) electrons. The van der Waals surface area contributed by atoms with Crippen LogP contribution in [-0.2, 0) is 6.42 Å².